The molecule has 4 heterocycles. The van der Waals surface area contributed by atoms with E-state index in [9.17, 15) is 18.8 Å². The van der Waals surface area contributed by atoms with Crippen LogP contribution in [0.2, 0.25) is 0 Å². The van der Waals surface area contributed by atoms with E-state index in [1.54, 1.807) is 32.0 Å². The van der Waals surface area contributed by atoms with Gasteiger partial charge in [0.25, 0.3) is 5.91 Å². The first-order valence-corrected chi connectivity index (χ1v) is 14.5. The van der Waals surface area contributed by atoms with Crippen molar-refractivity contribution in [3.63, 3.8) is 0 Å². The summed E-state index contributed by atoms with van der Waals surface area (Å²) in [4.78, 5) is 49.5. The second kappa shape index (κ2) is 11.7. The maximum Gasteiger partial charge on any atom is 0.252 e. The highest BCUT2D eigenvalue weighted by molar-refractivity contribution is 7.14. The number of likely N-dealkylation sites (N-methyl/N-ethyl adjacent to an activating group) is 1. The number of benzene rings is 1. The molecule has 0 saturated carbocycles. The normalized spacial score (nSPS) is 24.8. The van der Waals surface area contributed by atoms with E-state index in [1.807, 2.05) is 0 Å². The Balaban J connectivity index is 1.33. The molecule has 0 aliphatic carbocycles. The van der Waals surface area contributed by atoms with Crippen molar-refractivity contribution in [1.29, 1.82) is 0 Å². The van der Waals surface area contributed by atoms with Gasteiger partial charge in [0.15, 0.2) is 10.9 Å². The Morgan fingerprint density at radius 3 is 2.67 bits per heavy atom. The molecule has 0 radical (unpaired) electrons. The molecule has 5 rings (SSSR count). The van der Waals surface area contributed by atoms with Gasteiger partial charge in [0.1, 0.15) is 30.5 Å². The number of nitrogens with zero attached hydrogens (tertiary/aromatic N) is 4. The van der Waals surface area contributed by atoms with Crippen LogP contribution in [-0.4, -0.2) is 116 Å². The highest BCUT2D eigenvalue weighted by Gasteiger charge is 2.53. The molecule has 2 amide bonds. The maximum atomic E-state index is 15.0. The number of halogens is 2. The molecule has 1 N–H and O–H groups in total. The van der Waals surface area contributed by atoms with Crippen LogP contribution in [0.3, 0.4) is 0 Å². The summed E-state index contributed by atoms with van der Waals surface area (Å²) in [6, 6.07) is 3.07. The van der Waals surface area contributed by atoms with Crippen molar-refractivity contribution in [3.8, 4) is 11.3 Å². The summed E-state index contributed by atoms with van der Waals surface area (Å²) >= 11 is 7.38. The number of alkyl halides is 1. The molecule has 5 atom stereocenters. The Morgan fingerprint density at radius 2 is 2.00 bits per heavy atom. The maximum absolute atomic E-state index is 15.0. The minimum atomic E-state index is -1.06. The molecular formula is C27H33ClFN5O5S. The summed E-state index contributed by atoms with van der Waals surface area (Å²) in [5.41, 5.74) is 1.82. The largest absolute Gasteiger partial charge is 0.379 e. The van der Waals surface area contributed by atoms with Crippen LogP contribution in [0.25, 0.3) is 11.3 Å². The van der Waals surface area contributed by atoms with Crippen LogP contribution in [0, 0.1) is 12.1 Å². The quantitative estimate of drug-likeness (QED) is 0.486. The van der Waals surface area contributed by atoms with Gasteiger partial charge < -0.3 is 29.5 Å². The highest BCUT2D eigenvalue weighted by atomic mass is 35.5. The number of methoxy groups -OCH3 is 1. The minimum absolute atomic E-state index is 0.0960. The molecule has 216 valence electrons. The van der Waals surface area contributed by atoms with Crippen molar-refractivity contribution < 1.29 is 28.2 Å². The second-order valence-electron chi connectivity index (χ2n) is 10.5. The molecule has 1 aromatic heterocycles. The fraction of sp³-hybridized carbons (Fsp3) is 0.556. The minimum Gasteiger partial charge on any atom is -0.379 e. The van der Waals surface area contributed by atoms with Gasteiger partial charge >= 0.3 is 0 Å². The lowest BCUT2D eigenvalue weighted by Crippen LogP contribution is -2.56. The molecule has 10 nitrogen and oxygen atoms in total. The molecule has 0 spiro atoms. The summed E-state index contributed by atoms with van der Waals surface area (Å²) in [5.74, 6) is -1.18. The van der Waals surface area contributed by atoms with Crippen LogP contribution in [0.5, 0.6) is 0 Å². The standard InChI is InChI=1S/C27H33ClFN5O5S/c1-14-11-16(5-6-17(14)21-24(29)40-27(31-21)33-9-7-32(3)8-10-33)25(36)30-20(15(2)38-4)26(37)34-12-18(28)23-22(34)19(35)13-39-23/h5-6,11,15,18,20,22-23H,7-10,12-13H2,1-4H3,(H,30,36). The fourth-order valence-corrected chi connectivity index (χ4v) is 6.62. The number of aryl methyl sites for hydroxylation is 1. The number of anilines is 1. The zero-order chi connectivity index (χ0) is 28.7. The first-order valence-electron chi connectivity index (χ1n) is 13.2. The summed E-state index contributed by atoms with van der Waals surface area (Å²) in [5, 5.41) is 2.52. The Kier molecular flexibility index (Phi) is 8.44. The number of likely N-dealkylation sites (tertiary alicyclic amines) is 1. The van der Waals surface area contributed by atoms with E-state index in [2.05, 4.69) is 27.1 Å². The van der Waals surface area contributed by atoms with Gasteiger partial charge in [0.2, 0.25) is 11.0 Å². The van der Waals surface area contributed by atoms with Crippen molar-refractivity contribution in [2.75, 3.05) is 58.4 Å². The van der Waals surface area contributed by atoms with Crippen LogP contribution in [0.1, 0.15) is 22.8 Å². The number of ether oxygens (including phenoxy) is 2. The first kappa shape index (κ1) is 28.9. The van der Waals surface area contributed by atoms with E-state index in [-0.39, 0.29) is 29.8 Å². The number of nitrogens with one attached hydrogen (secondary N) is 1. The average molecular weight is 594 g/mol. The van der Waals surface area contributed by atoms with Gasteiger partial charge in [0.05, 0.1) is 11.5 Å². The number of carbonyl (C=O) groups is 3. The molecule has 1 aromatic carbocycles. The highest BCUT2D eigenvalue weighted by Crippen LogP contribution is 2.34. The number of piperazine rings is 1. The Morgan fingerprint density at radius 1 is 1.27 bits per heavy atom. The summed E-state index contributed by atoms with van der Waals surface area (Å²) in [6.45, 7) is 6.84. The van der Waals surface area contributed by atoms with Gasteiger partial charge in [-0.15, -0.1) is 11.6 Å². The lowest BCUT2D eigenvalue weighted by molar-refractivity contribution is -0.140. The van der Waals surface area contributed by atoms with Crippen LogP contribution in [-0.2, 0) is 19.1 Å². The van der Waals surface area contributed by atoms with Crippen LogP contribution in [0.4, 0.5) is 9.52 Å². The number of amides is 2. The molecule has 3 fully saturated rings. The van der Waals surface area contributed by atoms with Crippen LogP contribution >= 0.6 is 22.9 Å². The van der Waals surface area contributed by atoms with E-state index in [1.165, 1.54) is 12.0 Å². The van der Waals surface area contributed by atoms with E-state index < -0.39 is 41.5 Å². The van der Waals surface area contributed by atoms with E-state index in [0.29, 0.717) is 21.8 Å². The monoisotopic (exact) mass is 593 g/mol. The van der Waals surface area contributed by atoms with E-state index in [0.717, 1.165) is 37.5 Å². The van der Waals surface area contributed by atoms with E-state index >= 15 is 0 Å². The zero-order valence-electron chi connectivity index (χ0n) is 22.9. The predicted octanol–water partition coefficient (Wildman–Crippen LogP) is 1.93. The van der Waals surface area contributed by atoms with Crippen molar-refractivity contribution in [3.05, 3.63) is 34.5 Å². The second-order valence-corrected chi connectivity index (χ2v) is 12.0. The number of fused-ring (bicyclic) bond motifs is 1. The van der Waals surface area contributed by atoms with Crippen LogP contribution < -0.4 is 10.2 Å². The van der Waals surface area contributed by atoms with Gasteiger partial charge in [-0.05, 0) is 38.6 Å². The molecule has 3 saturated heterocycles. The van der Waals surface area contributed by atoms with Crippen molar-refractivity contribution >= 4 is 45.7 Å². The number of carbonyl (C=O) groups excluding carboxylic acids is 3. The molecule has 3 aliphatic rings. The van der Waals surface area contributed by atoms with Crippen molar-refractivity contribution in [2.45, 2.75) is 43.5 Å². The third-order valence-electron chi connectivity index (χ3n) is 7.89. The Hall–Kier alpha value is -2.64. The number of aromatic nitrogens is 1. The van der Waals surface area contributed by atoms with Crippen molar-refractivity contribution in [1.82, 2.24) is 20.1 Å². The van der Waals surface area contributed by atoms with Gasteiger partial charge in [-0.1, -0.05) is 17.4 Å². The summed E-state index contributed by atoms with van der Waals surface area (Å²) < 4.78 is 25.9. The number of Topliss-reactive ketones (excluding diaryl/α,β-unsaturated/α-hetero) is 1. The fourth-order valence-electron chi connectivity index (χ4n) is 5.40. The zero-order valence-corrected chi connectivity index (χ0v) is 24.4. The van der Waals surface area contributed by atoms with Gasteiger partial charge in [-0.3, -0.25) is 14.4 Å². The molecule has 0 bridgehead atoms. The topological polar surface area (TPSA) is 104 Å². The Labute approximate surface area is 241 Å². The molecule has 40 heavy (non-hydrogen) atoms. The molecule has 5 unspecified atom stereocenters. The number of ketones is 1. The first-order chi connectivity index (χ1) is 19.1. The number of hydrogen-bond acceptors (Lipinski definition) is 9. The molecular weight excluding hydrogens is 561 g/mol. The lowest BCUT2D eigenvalue weighted by Gasteiger charge is -2.31. The third kappa shape index (κ3) is 5.47. The Bertz CT molecular complexity index is 1300. The average Bonchev–Trinajstić information content (AvgIpc) is 3.61. The van der Waals surface area contributed by atoms with Crippen LogP contribution in [0.15, 0.2) is 18.2 Å². The van der Waals surface area contributed by atoms with E-state index in [4.69, 9.17) is 21.1 Å². The van der Waals surface area contributed by atoms with Gasteiger partial charge in [-0.25, -0.2) is 4.98 Å². The number of rotatable bonds is 7. The molecule has 3 aliphatic heterocycles. The predicted molar refractivity (Wildman–Crippen MR) is 150 cm³/mol. The van der Waals surface area contributed by atoms with Gasteiger partial charge in [0, 0.05) is 51.0 Å². The molecule has 2 aromatic rings. The number of thiazole rings is 1. The number of hydrogen-bond donors (Lipinski definition) is 1. The smallest absolute Gasteiger partial charge is 0.252 e. The third-order valence-corrected chi connectivity index (χ3v) is 9.18. The summed E-state index contributed by atoms with van der Waals surface area (Å²) in [7, 11) is 3.50. The van der Waals surface area contributed by atoms with Gasteiger partial charge in [-0.2, -0.15) is 4.39 Å². The SMILES string of the molecule is COC(C)C(NC(=O)c1ccc(-c2nc(N3CCN(C)CC3)sc2F)c(C)c1)C(=O)N1CC(Cl)C2OCC(=O)C21. The summed E-state index contributed by atoms with van der Waals surface area (Å²) in [6.07, 6.45) is -1.25. The van der Waals surface area contributed by atoms with Crippen molar-refractivity contribution in [2.24, 2.45) is 0 Å². The lowest BCUT2D eigenvalue weighted by atomic mass is 10.0. The molecule has 13 heteroatoms.